The minimum atomic E-state index is -0.578. The molecule has 0 radical (unpaired) electrons. The SMILES string of the molecule is Cc1ccc(NC(=O)c2cc(Cl)ccc2NC(=O)N2CCN(C(=O)OC(C)(C)C)CC2)nc1. The summed E-state index contributed by atoms with van der Waals surface area (Å²) in [6.07, 6.45) is 1.25. The lowest BCUT2D eigenvalue weighted by Crippen LogP contribution is -2.52. The Morgan fingerprint density at radius 2 is 1.67 bits per heavy atom. The molecular formula is C23H28ClN5O4. The van der Waals surface area contributed by atoms with Crippen molar-refractivity contribution < 1.29 is 19.1 Å². The zero-order valence-corrected chi connectivity index (χ0v) is 19.9. The number of carbonyl (C=O) groups is 3. The van der Waals surface area contributed by atoms with Crippen LogP contribution in [0.2, 0.25) is 5.02 Å². The zero-order valence-electron chi connectivity index (χ0n) is 19.1. The minimum Gasteiger partial charge on any atom is -0.444 e. The number of hydrogen-bond donors (Lipinski definition) is 2. The number of nitrogens with one attached hydrogen (secondary N) is 2. The number of urea groups is 1. The Hall–Kier alpha value is -3.33. The predicted molar refractivity (Wildman–Crippen MR) is 127 cm³/mol. The predicted octanol–water partition coefficient (Wildman–Crippen LogP) is 4.38. The van der Waals surface area contributed by atoms with Crippen LogP contribution in [0.3, 0.4) is 0 Å². The maximum Gasteiger partial charge on any atom is 0.410 e. The van der Waals surface area contributed by atoms with E-state index in [1.807, 2.05) is 33.8 Å². The fourth-order valence-electron chi connectivity index (χ4n) is 3.15. The number of ether oxygens (including phenoxy) is 1. The van der Waals surface area contributed by atoms with Gasteiger partial charge in [0.05, 0.1) is 11.3 Å². The third-order valence-electron chi connectivity index (χ3n) is 4.84. The van der Waals surface area contributed by atoms with Gasteiger partial charge < -0.3 is 25.2 Å². The standard InChI is InChI=1S/C23H28ClN5O4/c1-15-5-8-19(25-14-15)27-20(30)17-13-16(24)6-7-18(17)26-21(31)28-9-11-29(12-10-28)22(32)33-23(2,3)4/h5-8,13-14H,9-12H2,1-4H3,(H,26,31)(H,25,27,30). The maximum atomic E-state index is 12.8. The number of hydrogen-bond acceptors (Lipinski definition) is 5. The van der Waals surface area contributed by atoms with Gasteiger partial charge in [0.15, 0.2) is 0 Å². The van der Waals surface area contributed by atoms with Crippen molar-refractivity contribution in [2.24, 2.45) is 0 Å². The number of pyridine rings is 1. The Bertz CT molecular complexity index is 1030. The summed E-state index contributed by atoms with van der Waals surface area (Å²) < 4.78 is 5.38. The third kappa shape index (κ3) is 6.82. The van der Waals surface area contributed by atoms with Gasteiger partial charge in [-0.3, -0.25) is 4.79 Å². The fraction of sp³-hybridized carbons (Fsp3) is 0.391. The highest BCUT2D eigenvalue weighted by Crippen LogP contribution is 2.23. The van der Waals surface area contributed by atoms with E-state index < -0.39 is 17.6 Å². The van der Waals surface area contributed by atoms with Crippen molar-refractivity contribution in [3.05, 3.63) is 52.7 Å². The largest absolute Gasteiger partial charge is 0.444 e. The first-order chi connectivity index (χ1) is 15.5. The number of carbonyl (C=O) groups excluding carboxylic acids is 3. The minimum absolute atomic E-state index is 0.214. The molecule has 3 rings (SSSR count). The first-order valence-electron chi connectivity index (χ1n) is 10.6. The molecule has 1 aromatic carbocycles. The smallest absolute Gasteiger partial charge is 0.410 e. The molecule has 0 atom stereocenters. The van der Waals surface area contributed by atoms with Gasteiger partial charge in [-0.05, 0) is 57.5 Å². The van der Waals surface area contributed by atoms with E-state index >= 15 is 0 Å². The van der Waals surface area contributed by atoms with Gasteiger partial charge in [-0.15, -0.1) is 0 Å². The van der Waals surface area contributed by atoms with Crippen molar-refractivity contribution in [2.45, 2.75) is 33.3 Å². The molecule has 1 aromatic heterocycles. The van der Waals surface area contributed by atoms with Crippen LogP contribution in [0, 0.1) is 6.92 Å². The number of benzene rings is 1. The molecule has 1 aliphatic heterocycles. The Balaban J connectivity index is 1.64. The first kappa shape index (κ1) is 24.3. The molecule has 0 bridgehead atoms. The van der Waals surface area contributed by atoms with Gasteiger partial charge >= 0.3 is 12.1 Å². The van der Waals surface area contributed by atoms with Crippen molar-refractivity contribution in [1.29, 1.82) is 0 Å². The lowest BCUT2D eigenvalue weighted by molar-refractivity contribution is 0.0174. The number of nitrogens with zero attached hydrogens (tertiary/aromatic N) is 3. The zero-order chi connectivity index (χ0) is 24.2. The molecule has 176 valence electrons. The van der Waals surface area contributed by atoms with Crippen LogP contribution in [0.4, 0.5) is 21.1 Å². The van der Waals surface area contributed by atoms with E-state index in [4.69, 9.17) is 16.3 Å². The van der Waals surface area contributed by atoms with Crippen molar-refractivity contribution in [2.75, 3.05) is 36.8 Å². The molecule has 2 N–H and O–H groups in total. The highest BCUT2D eigenvalue weighted by atomic mass is 35.5. The molecule has 0 aliphatic carbocycles. The lowest BCUT2D eigenvalue weighted by Gasteiger charge is -2.35. The van der Waals surface area contributed by atoms with Gasteiger partial charge in [0.25, 0.3) is 5.91 Å². The van der Waals surface area contributed by atoms with E-state index in [-0.39, 0.29) is 11.6 Å². The number of aryl methyl sites for hydroxylation is 1. The van der Waals surface area contributed by atoms with E-state index in [0.29, 0.717) is 42.7 Å². The van der Waals surface area contributed by atoms with Crippen LogP contribution in [-0.2, 0) is 4.74 Å². The second kappa shape index (κ2) is 10.1. The van der Waals surface area contributed by atoms with Crippen molar-refractivity contribution in [1.82, 2.24) is 14.8 Å². The van der Waals surface area contributed by atoms with Crippen LogP contribution in [0.5, 0.6) is 0 Å². The van der Waals surface area contributed by atoms with Gasteiger partial charge in [-0.25, -0.2) is 14.6 Å². The quantitative estimate of drug-likeness (QED) is 0.688. The molecule has 0 spiro atoms. The molecule has 10 heteroatoms. The Morgan fingerprint density at radius 3 is 2.27 bits per heavy atom. The number of halogens is 1. The summed E-state index contributed by atoms with van der Waals surface area (Å²) in [5, 5.41) is 5.85. The molecular weight excluding hydrogens is 446 g/mol. The molecule has 4 amide bonds. The molecule has 0 unspecified atom stereocenters. The summed E-state index contributed by atoms with van der Waals surface area (Å²) in [7, 11) is 0. The molecule has 0 saturated carbocycles. The average Bonchev–Trinajstić information content (AvgIpc) is 2.75. The highest BCUT2D eigenvalue weighted by molar-refractivity contribution is 6.31. The van der Waals surface area contributed by atoms with Crippen LogP contribution in [-0.4, -0.2) is 64.6 Å². The fourth-order valence-corrected chi connectivity index (χ4v) is 3.32. The normalized spacial score (nSPS) is 14.0. The summed E-state index contributed by atoms with van der Waals surface area (Å²) in [6.45, 7) is 8.72. The Labute approximate surface area is 198 Å². The van der Waals surface area contributed by atoms with E-state index in [9.17, 15) is 14.4 Å². The van der Waals surface area contributed by atoms with Gasteiger partial charge in [0, 0.05) is 37.4 Å². The van der Waals surface area contributed by atoms with Crippen LogP contribution in [0.15, 0.2) is 36.5 Å². The highest BCUT2D eigenvalue weighted by Gasteiger charge is 2.28. The molecule has 1 aliphatic rings. The summed E-state index contributed by atoms with van der Waals surface area (Å²) in [5.74, 6) is -0.0555. The van der Waals surface area contributed by atoms with E-state index in [1.54, 1.807) is 34.2 Å². The monoisotopic (exact) mass is 473 g/mol. The number of piperazine rings is 1. The van der Waals surface area contributed by atoms with E-state index in [0.717, 1.165) is 5.56 Å². The second-order valence-electron chi connectivity index (χ2n) is 8.75. The summed E-state index contributed by atoms with van der Waals surface area (Å²) in [5.41, 5.74) is 0.926. The van der Waals surface area contributed by atoms with Crippen LogP contribution >= 0.6 is 11.6 Å². The first-order valence-corrected chi connectivity index (χ1v) is 11.0. The molecule has 1 fully saturated rings. The third-order valence-corrected chi connectivity index (χ3v) is 5.07. The molecule has 9 nitrogen and oxygen atoms in total. The van der Waals surface area contributed by atoms with Crippen LogP contribution < -0.4 is 10.6 Å². The van der Waals surface area contributed by atoms with Gasteiger partial charge in [0.2, 0.25) is 0 Å². The summed E-state index contributed by atoms with van der Waals surface area (Å²) in [6, 6.07) is 7.82. The van der Waals surface area contributed by atoms with Crippen LogP contribution in [0.25, 0.3) is 0 Å². The van der Waals surface area contributed by atoms with E-state index in [2.05, 4.69) is 15.6 Å². The van der Waals surface area contributed by atoms with E-state index in [1.165, 1.54) is 6.07 Å². The molecule has 33 heavy (non-hydrogen) atoms. The number of anilines is 2. The summed E-state index contributed by atoms with van der Waals surface area (Å²) in [4.78, 5) is 45.2. The molecule has 2 heterocycles. The van der Waals surface area contributed by atoms with Crippen molar-refractivity contribution in [3.8, 4) is 0 Å². The number of amides is 4. The lowest BCUT2D eigenvalue weighted by atomic mass is 10.1. The van der Waals surface area contributed by atoms with Crippen LogP contribution in [0.1, 0.15) is 36.7 Å². The van der Waals surface area contributed by atoms with Crippen molar-refractivity contribution >= 4 is 41.1 Å². The van der Waals surface area contributed by atoms with Gasteiger partial charge in [0.1, 0.15) is 11.4 Å². The second-order valence-corrected chi connectivity index (χ2v) is 9.19. The Morgan fingerprint density at radius 1 is 1.00 bits per heavy atom. The topological polar surface area (TPSA) is 104 Å². The maximum absolute atomic E-state index is 12.8. The van der Waals surface area contributed by atoms with Crippen molar-refractivity contribution in [3.63, 3.8) is 0 Å². The average molecular weight is 474 g/mol. The number of aromatic nitrogens is 1. The molecule has 2 aromatic rings. The summed E-state index contributed by atoms with van der Waals surface area (Å²) >= 11 is 6.09. The Kier molecular flexibility index (Phi) is 7.43. The van der Waals surface area contributed by atoms with Gasteiger partial charge in [-0.1, -0.05) is 17.7 Å². The van der Waals surface area contributed by atoms with Gasteiger partial charge in [-0.2, -0.15) is 0 Å². The number of rotatable bonds is 3. The molecule has 1 saturated heterocycles.